The zero-order valence-electron chi connectivity index (χ0n) is 15.9. The number of likely N-dealkylation sites (N-methyl/N-ethyl adjacent to an activating group) is 1. The largest absolute Gasteiger partial charge is 0.476 e. The first-order valence-corrected chi connectivity index (χ1v) is 9.06. The first-order valence-electron chi connectivity index (χ1n) is 9.06. The van der Waals surface area contributed by atoms with Gasteiger partial charge in [-0.25, -0.2) is 4.52 Å². The summed E-state index contributed by atoms with van der Waals surface area (Å²) in [5, 5.41) is 5.23. The van der Waals surface area contributed by atoms with E-state index in [0.29, 0.717) is 29.3 Å². The van der Waals surface area contributed by atoms with Gasteiger partial charge in [0, 0.05) is 12.1 Å². The van der Waals surface area contributed by atoms with Crippen molar-refractivity contribution in [2.75, 3.05) is 27.2 Å². The number of aromatic nitrogens is 3. The lowest BCUT2D eigenvalue weighted by Crippen LogP contribution is -2.19. The third kappa shape index (κ3) is 3.75. The van der Waals surface area contributed by atoms with E-state index in [1.807, 2.05) is 43.3 Å². The first kappa shape index (κ1) is 19.2. The molecule has 4 rings (SSSR count). The van der Waals surface area contributed by atoms with E-state index in [9.17, 15) is 13.2 Å². The second kappa shape index (κ2) is 7.36. The number of alkyl halides is 3. The Hall–Kier alpha value is -3.13. The Kier molecular flexibility index (Phi) is 4.87. The molecule has 29 heavy (non-hydrogen) atoms. The summed E-state index contributed by atoms with van der Waals surface area (Å²) in [6.07, 6.45) is -2.76. The van der Waals surface area contributed by atoms with Crippen LogP contribution in [0.15, 0.2) is 54.7 Å². The van der Waals surface area contributed by atoms with E-state index in [1.54, 1.807) is 10.7 Å². The molecule has 0 aliphatic rings. The van der Waals surface area contributed by atoms with Crippen LogP contribution in [0.4, 0.5) is 13.2 Å². The van der Waals surface area contributed by atoms with Crippen LogP contribution in [0, 0.1) is 0 Å². The number of ether oxygens (including phenoxy) is 1. The highest BCUT2D eigenvalue weighted by molar-refractivity contribution is 5.89. The van der Waals surface area contributed by atoms with Crippen LogP contribution in [0.5, 0.6) is 5.88 Å². The van der Waals surface area contributed by atoms with Gasteiger partial charge in [-0.2, -0.15) is 23.3 Å². The predicted molar refractivity (Wildman–Crippen MR) is 105 cm³/mol. The average molecular weight is 400 g/mol. The zero-order chi connectivity index (χ0) is 20.6. The minimum atomic E-state index is -4.37. The summed E-state index contributed by atoms with van der Waals surface area (Å²) in [5.74, 6) is 0.476. The topological polar surface area (TPSA) is 42.7 Å². The van der Waals surface area contributed by atoms with Gasteiger partial charge >= 0.3 is 6.18 Å². The third-order valence-electron chi connectivity index (χ3n) is 4.61. The van der Waals surface area contributed by atoms with E-state index in [-0.39, 0.29) is 0 Å². The Bertz CT molecular complexity index is 1150. The van der Waals surface area contributed by atoms with Crippen molar-refractivity contribution in [2.24, 2.45) is 0 Å². The number of rotatable bonds is 5. The molecule has 0 saturated carbocycles. The molecule has 2 aromatic carbocycles. The van der Waals surface area contributed by atoms with Crippen molar-refractivity contribution in [1.82, 2.24) is 19.5 Å². The van der Waals surface area contributed by atoms with Crippen molar-refractivity contribution in [3.05, 3.63) is 60.3 Å². The molecule has 5 nitrogen and oxygen atoms in total. The number of hydrogen-bond acceptors (Lipinski definition) is 4. The van der Waals surface area contributed by atoms with Crippen molar-refractivity contribution in [3.63, 3.8) is 0 Å². The number of fused-ring (bicyclic) bond motifs is 3. The van der Waals surface area contributed by atoms with E-state index in [4.69, 9.17) is 4.74 Å². The Labute approximate surface area is 165 Å². The van der Waals surface area contributed by atoms with Crippen LogP contribution in [0.2, 0.25) is 0 Å². The molecule has 0 bridgehead atoms. The van der Waals surface area contributed by atoms with Crippen molar-refractivity contribution in [2.45, 2.75) is 6.18 Å². The Morgan fingerprint density at radius 3 is 2.45 bits per heavy atom. The molecule has 2 heterocycles. The summed E-state index contributed by atoms with van der Waals surface area (Å²) in [5.41, 5.74) is 1.90. The summed E-state index contributed by atoms with van der Waals surface area (Å²) in [4.78, 5) is 6.65. The Morgan fingerprint density at radius 1 is 1.03 bits per heavy atom. The van der Waals surface area contributed by atoms with E-state index < -0.39 is 11.7 Å². The minimum absolute atomic E-state index is 0.462. The van der Waals surface area contributed by atoms with Crippen molar-refractivity contribution in [1.29, 1.82) is 0 Å². The van der Waals surface area contributed by atoms with E-state index in [0.717, 1.165) is 29.6 Å². The maximum absolute atomic E-state index is 12.9. The molecule has 150 valence electrons. The number of nitrogens with zero attached hydrogens (tertiary/aromatic N) is 4. The molecular weight excluding hydrogens is 381 g/mol. The van der Waals surface area contributed by atoms with E-state index in [1.165, 1.54) is 12.1 Å². The molecule has 0 spiro atoms. The van der Waals surface area contributed by atoms with Crippen LogP contribution in [0.1, 0.15) is 5.56 Å². The van der Waals surface area contributed by atoms with Gasteiger partial charge in [0.1, 0.15) is 6.61 Å². The van der Waals surface area contributed by atoms with Crippen molar-refractivity contribution >= 4 is 16.6 Å². The molecule has 4 aromatic rings. The second-order valence-corrected chi connectivity index (χ2v) is 6.95. The van der Waals surface area contributed by atoms with Crippen LogP contribution in [-0.2, 0) is 6.18 Å². The van der Waals surface area contributed by atoms with Gasteiger partial charge in [-0.3, -0.25) is 0 Å². The van der Waals surface area contributed by atoms with Crippen LogP contribution in [-0.4, -0.2) is 46.7 Å². The van der Waals surface area contributed by atoms with E-state index in [2.05, 4.69) is 10.1 Å². The number of benzene rings is 2. The van der Waals surface area contributed by atoms with Gasteiger partial charge in [-0.05, 0) is 43.9 Å². The summed E-state index contributed by atoms with van der Waals surface area (Å²) in [6.45, 7) is 1.19. The molecule has 0 unspecified atom stereocenters. The fraction of sp³-hybridized carbons (Fsp3) is 0.238. The van der Waals surface area contributed by atoms with Gasteiger partial charge in [-0.1, -0.05) is 24.3 Å². The number of para-hydroxylation sites is 1. The normalized spacial score (nSPS) is 12.2. The highest BCUT2D eigenvalue weighted by atomic mass is 19.4. The van der Waals surface area contributed by atoms with Crippen molar-refractivity contribution < 1.29 is 17.9 Å². The smallest absolute Gasteiger partial charge is 0.416 e. The number of halogens is 3. The average Bonchev–Trinajstić information content (AvgIpc) is 3.11. The highest BCUT2D eigenvalue weighted by Crippen LogP contribution is 2.33. The molecule has 0 radical (unpaired) electrons. The lowest BCUT2D eigenvalue weighted by molar-refractivity contribution is -0.137. The van der Waals surface area contributed by atoms with Crippen LogP contribution >= 0.6 is 0 Å². The van der Waals surface area contributed by atoms with Crippen molar-refractivity contribution in [3.8, 4) is 17.0 Å². The molecule has 0 amide bonds. The van der Waals surface area contributed by atoms with Gasteiger partial charge in [-0.15, -0.1) is 0 Å². The first-order chi connectivity index (χ1) is 13.8. The highest BCUT2D eigenvalue weighted by Gasteiger charge is 2.30. The molecule has 0 saturated heterocycles. The fourth-order valence-corrected chi connectivity index (χ4v) is 3.10. The molecule has 0 atom stereocenters. The van der Waals surface area contributed by atoms with Gasteiger partial charge in [0.2, 0.25) is 5.88 Å². The summed E-state index contributed by atoms with van der Waals surface area (Å²) < 4.78 is 46.2. The molecule has 0 N–H and O–H groups in total. The van der Waals surface area contributed by atoms with Gasteiger partial charge < -0.3 is 9.64 Å². The quantitative estimate of drug-likeness (QED) is 0.494. The predicted octanol–water partition coefficient (Wildman–Crippen LogP) is 4.51. The molecule has 8 heteroatoms. The van der Waals surface area contributed by atoms with Crippen LogP contribution in [0.3, 0.4) is 0 Å². The third-order valence-corrected chi connectivity index (χ3v) is 4.61. The van der Waals surface area contributed by atoms with Crippen LogP contribution in [0.25, 0.3) is 27.7 Å². The standard InChI is InChI=1S/C21H19F3N4O/c1-27(2)11-12-29-20-16-5-3-4-6-18(16)28-19(26-20)17(13-25-28)14-7-9-15(10-8-14)21(22,23)24/h3-10,13H,11-12H2,1-2H3. The molecule has 0 aliphatic carbocycles. The van der Waals surface area contributed by atoms with Gasteiger partial charge in [0.25, 0.3) is 0 Å². The molecule has 0 fully saturated rings. The lowest BCUT2D eigenvalue weighted by Gasteiger charge is -2.13. The maximum atomic E-state index is 12.9. The zero-order valence-corrected chi connectivity index (χ0v) is 15.9. The summed E-state index contributed by atoms with van der Waals surface area (Å²) >= 11 is 0. The summed E-state index contributed by atoms with van der Waals surface area (Å²) in [7, 11) is 3.91. The Balaban J connectivity index is 1.81. The lowest BCUT2D eigenvalue weighted by atomic mass is 10.1. The molecular formula is C21H19F3N4O. The minimum Gasteiger partial charge on any atom is -0.476 e. The second-order valence-electron chi connectivity index (χ2n) is 6.95. The van der Waals surface area contributed by atoms with E-state index >= 15 is 0 Å². The maximum Gasteiger partial charge on any atom is 0.416 e. The Morgan fingerprint density at radius 2 is 1.76 bits per heavy atom. The van der Waals surface area contributed by atoms with Gasteiger partial charge in [0.15, 0.2) is 5.65 Å². The SMILES string of the molecule is CN(C)CCOc1nc2c(-c3ccc(C(F)(F)F)cc3)cnn2c2ccccc12. The molecule has 0 aliphatic heterocycles. The molecule has 2 aromatic heterocycles. The van der Waals surface area contributed by atoms with Gasteiger partial charge in [0.05, 0.1) is 22.7 Å². The van der Waals surface area contributed by atoms with Crippen LogP contribution < -0.4 is 4.74 Å². The number of hydrogen-bond donors (Lipinski definition) is 0. The fourth-order valence-electron chi connectivity index (χ4n) is 3.10. The summed E-state index contributed by atoms with van der Waals surface area (Å²) in [6, 6.07) is 12.6. The monoisotopic (exact) mass is 400 g/mol.